The standard InChI is InChI=1S/C11H17N3O2S/c12-6-10-7-14(2-3-16-10)11(15)5-9-8-17-4-1-13-9/h9-10,13H,1-5,7-8H2. The van der Waals surface area contributed by atoms with Gasteiger partial charge in [0.05, 0.1) is 19.2 Å². The Morgan fingerprint density at radius 1 is 1.65 bits per heavy atom. The molecule has 0 aromatic rings. The summed E-state index contributed by atoms with van der Waals surface area (Å²) >= 11 is 1.89. The Kier molecular flexibility index (Phi) is 4.66. The van der Waals surface area contributed by atoms with Crippen LogP contribution in [0.5, 0.6) is 0 Å². The van der Waals surface area contributed by atoms with Gasteiger partial charge in [-0.2, -0.15) is 17.0 Å². The summed E-state index contributed by atoms with van der Waals surface area (Å²) in [5, 5.41) is 12.1. The lowest BCUT2D eigenvalue weighted by molar-refractivity contribution is -0.137. The Morgan fingerprint density at radius 3 is 3.24 bits per heavy atom. The lowest BCUT2D eigenvalue weighted by Crippen LogP contribution is -2.48. The third kappa shape index (κ3) is 3.60. The fourth-order valence-electron chi connectivity index (χ4n) is 2.04. The summed E-state index contributed by atoms with van der Waals surface area (Å²) in [5.74, 6) is 2.25. The average molecular weight is 255 g/mol. The molecule has 1 amide bonds. The molecule has 2 aliphatic rings. The minimum atomic E-state index is -0.457. The van der Waals surface area contributed by atoms with Crippen molar-refractivity contribution >= 4 is 17.7 Å². The molecule has 0 aliphatic carbocycles. The topological polar surface area (TPSA) is 65.4 Å². The van der Waals surface area contributed by atoms with Crippen LogP contribution in [0.1, 0.15) is 6.42 Å². The SMILES string of the molecule is N#CC1CN(C(=O)CC2CSCCN2)CCO1. The molecule has 5 nitrogen and oxygen atoms in total. The Morgan fingerprint density at radius 2 is 2.53 bits per heavy atom. The molecule has 2 rings (SSSR count). The molecule has 0 saturated carbocycles. The van der Waals surface area contributed by atoms with Crippen molar-refractivity contribution in [1.29, 1.82) is 5.26 Å². The summed E-state index contributed by atoms with van der Waals surface area (Å²) in [6.07, 6.45) is 0.0758. The van der Waals surface area contributed by atoms with Gasteiger partial charge in [0.1, 0.15) is 0 Å². The number of carbonyl (C=O) groups is 1. The quantitative estimate of drug-likeness (QED) is 0.742. The van der Waals surface area contributed by atoms with Crippen LogP contribution in [0.2, 0.25) is 0 Å². The summed E-state index contributed by atoms with van der Waals surface area (Å²) in [4.78, 5) is 13.8. The van der Waals surface area contributed by atoms with Gasteiger partial charge < -0.3 is 15.0 Å². The molecule has 2 atom stereocenters. The molecule has 1 N–H and O–H groups in total. The predicted molar refractivity (Wildman–Crippen MR) is 65.7 cm³/mol. The van der Waals surface area contributed by atoms with E-state index in [4.69, 9.17) is 10.00 Å². The summed E-state index contributed by atoms with van der Waals surface area (Å²) in [6, 6.07) is 2.34. The van der Waals surface area contributed by atoms with Crippen LogP contribution < -0.4 is 5.32 Å². The Labute approximate surface area is 105 Å². The highest BCUT2D eigenvalue weighted by Crippen LogP contribution is 2.13. The summed E-state index contributed by atoms with van der Waals surface area (Å²) < 4.78 is 5.22. The van der Waals surface area contributed by atoms with E-state index in [1.807, 2.05) is 11.8 Å². The Bertz CT molecular complexity index is 312. The average Bonchev–Trinajstić information content (AvgIpc) is 2.40. The van der Waals surface area contributed by atoms with E-state index in [1.54, 1.807) is 4.90 Å². The maximum absolute atomic E-state index is 12.0. The van der Waals surface area contributed by atoms with Crippen LogP contribution in [0.4, 0.5) is 0 Å². The first-order valence-electron chi connectivity index (χ1n) is 5.89. The van der Waals surface area contributed by atoms with Gasteiger partial charge >= 0.3 is 0 Å². The maximum Gasteiger partial charge on any atom is 0.224 e. The first-order valence-corrected chi connectivity index (χ1v) is 7.05. The minimum absolute atomic E-state index is 0.133. The van der Waals surface area contributed by atoms with Gasteiger partial charge in [-0.1, -0.05) is 0 Å². The van der Waals surface area contributed by atoms with E-state index < -0.39 is 6.10 Å². The maximum atomic E-state index is 12.0. The normalized spacial score (nSPS) is 29.7. The smallest absolute Gasteiger partial charge is 0.224 e. The number of morpholine rings is 1. The van der Waals surface area contributed by atoms with E-state index in [0.29, 0.717) is 26.1 Å². The fraction of sp³-hybridized carbons (Fsp3) is 0.818. The summed E-state index contributed by atoms with van der Waals surface area (Å²) in [5.41, 5.74) is 0. The van der Waals surface area contributed by atoms with E-state index in [2.05, 4.69) is 11.4 Å². The van der Waals surface area contributed by atoms with Crippen LogP contribution in [0.25, 0.3) is 0 Å². The van der Waals surface area contributed by atoms with Gasteiger partial charge in [0, 0.05) is 37.1 Å². The van der Waals surface area contributed by atoms with E-state index in [9.17, 15) is 4.79 Å². The van der Waals surface area contributed by atoms with Gasteiger partial charge in [-0.3, -0.25) is 4.79 Å². The second-order valence-electron chi connectivity index (χ2n) is 4.26. The first kappa shape index (κ1) is 12.7. The van der Waals surface area contributed by atoms with Crippen LogP contribution in [0.15, 0.2) is 0 Å². The van der Waals surface area contributed by atoms with Gasteiger partial charge in [-0.15, -0.1) is 0 Å². The summed E-state index contributed by atoms with van der Waals surface area (Å²) in [7, 11) is 0. The zero-order valence-electron chi connectivity index (χ0n) is 9.72. The molecule has 2 aliphatic heterocycles. The van der Waals surface area contributed by atoms with Crippen LogP contribution in [-0.4, -0.2) is 60.7 Å². The molecule has 0 bridgehead atoms. The first-order chi connectivity index (χ1) is 8.29. The van der Waals surface area contributed by atoms with Crippen molar-refractivity contribution < 1.29 is 9.53 Å². The number of hydrogen-bond acceptors (Lipinski definition) is 5. The Balaban J connectivity index is 1.80. The lowest BCUT2D eigenvalue weighted by Gasteiger charge is -2.31. The van der Waals surface area contributed by atoms with Gasteiger partial charge in [0.25, 0.3) is 0 Å². The molecule has 6 heteroatoms. The fourth-order valence-corrected chi connectivity index (χ4v) is 2.99. The number of nitrogens with zero attached hydrogens (tertiary/aromatic N) is 2. The number of nitrogens with one attached hydrogen (secondary N) is 1. The highest BCUT2D eigenvalue weighted by atomic mass is 32.2. The molecule has 0 spiro atoms. The van der Waals surface area contributed by atoms with Crippen LogP contribution >= 0.6 is 11.8 Å². The predicted octanol–water partition coefficient (Wildman–Crippen LogP) is -0.168. The Hall–Kier alpha value is -0.770. The van der Waals surface area contributed by atoms with Gasteiger partial charge in [0.15, 0.2) is 6.10 Å². The van der Waals surface area contributed by atoms with Crippen molar-refractivity contribution in [2.24, 2.45) is 0 Å². The van der Waals surface area contributed by atoms with E-state index >= 15 is 0 Å². The summed E-state index contributed by atoms with van der Waals surface area (Å²) in [6.45, 7) is 2.47. The van der Waals surface area contributed by atoms with Crippen molar-refractivity contribution in [3.8, 4) is 6.07 Å². The molecule has 94 valence electrons. The number of amides is 1. The van der Waals surface area contributed by atoms with Crippen molar-refractivity contribution in [2.45, 2.75) is 18.6 Å². The second kappa shape index (κ2) is 6.24. The van der Waals surface area contributed by atoms with E-state index in [-0.39, 0.29) is 11.9 Å². The van der Waals surface area contributed by atoms with Gasteiger partial charge in [-0.05, 0) is 0 Å². The molecule has 0 aromatic carbocycles. The van der Waals surface area contributed by atoms with Crippen molar-refractivity contribution in [2.75, 3.05) is 37.7 Å². The highest BCUT2D eigenvalue weighted by molar-refractivity contribution is 7.99. The van der Waals surface area contributed by atoms with Gasteiger partial charge in [-0.25, -0.2) is 0 Å². The third-order valence-corrected chi connectivity index (χ3v) is 4.11. The van der Waals surface area contributed by atoms with Crippen LogP contribution in [0, 0.1) is 11.3 Å². The molecule has 0 aromatic heterocycles. The molecule has 2 unspecified atom stereocenters. The number of thioether (sulfide) groups is 1. The number of carbonyl (C=O) groups excluding carboxylic acids is 1. The van der Waals surface area contributed by atoms with Gasteiger partial charge in [0.2, 0.25) is 5.91 Å². The van der Waals surface area contributed by atoms with Crippen molar-refractivity contribution in [3.63, 3.8) is 0 Å². The monoisotopic (exact) mass is 255 g/mol. The van der Waals surface area contributed by atoms with Crippen LogP contribution in [0.3, 0.4) is 0 Å². The second-order valence-corrected chi connectivity index (χ2v) is 5.41. The molecular formula is C11H17N3O2S. The molecule has 2 heterocycles. The molecule has 0 radical (unpaired) electrons. The number of ether oxygens (including phenoxy) is 1. The van der Waals surface area contributed by atoms with E-state index in [0.717, 1.165) is 18.1 Å². The molecule has 2 saturated heterocycles. The number of hydrogen-bond donors (Lipinski definition) is 1. The third-order valence-electron chi connectivity index (χ3n) is 2.98. The molecule has 2 fully saturated rings. The minimum Gasteiger partial charge on any atom is -0.360 e. The number of nitriles is 1. The van der Waals surface area contributed by atoms with Crippen LogP contribution in [-0.2, 0) is 9.53 Å². The zero-order chi connectivity index (χ0) is 12.1. The molecule has 17 heavy (non-hydrogen) atoms. The largest absolute Gasteiger partial charge is 0.360 e. The lowest BCUT2D eigenvalue weighted by atomic mass is 10.2. The van der Waals surface area contributed by atoms with Crippen molar-refractivity contribution in [1.82, 2.24) is 10.2 Å². The molecular weight excluding hydrogens is 238 g/mol. The van der Waals surface area contributed by atoms with E-state index in [1.165, 1.54) is 0 Å². The van der Waals surface area contributed by atoms with Crippen molar-refractivity contribution in [3.05, 3.63) is 0 Å². The highest BCUT2D eigenvalue weighted by Gasteiger charge is 2.26. The number of rotatable bonds is 2. The zero-order valence-corrected chi connectivity index (χ0v) is 10.5.